The number of rotatable bonds is 7. The molecule has 0 bridgehead atoms. The Kier molecular flexibility index (Phi) is 5.07. The van der Waals surface area contributed by atoms with Crippen LogP contribution in [-0.2, 0) is 13.0 Å². The van der Waals surface area contributed by atoms with E-state index in [9.17, 15) is 0 Å². The summed E-state index contributed by atoms with van der Waals surface area (Å²) in [5, 5.41) is 3.47. The molecule has 1 aromatic carbocycles. The van der Waals surface area contributed by atoms with Crippen LogP contribution in [0, 0.1) is 0 Å². The third-order valence-corrected chi connectivity index (χ3v) is 3.15. The fourth-order valence-corrected chi connectivity index (χ4v) is 2.06. The fourth-order valence-electron chi connectivity index (χ4n) is 2.06. The van der Waals surface area contributed by atoms with Gasteiger partial charge in [0.05, 0.1) is 20.5 Å². The molecule has 4 nitrogen and oxygen atoms in total. The standard InChI is InChI=1S/C16H21NO3/c1-12(7-14-5-4-6-20-14)17-11-13-8-15(18-2)10-16(9-13)19-3/h4-6,8-10,12,17H,7,11H2,1-3H3. The Morgan fingerprint density at radius 3 is 2.40 bits per heavy atom. The average molecular weight is 275 g/mol. The molecule has 1 atom stereocenters. The molecule has 2 rings (SSSR count). The predicted octanol–water partition coefficient (Wildman–Crippen LogP) is 3.02. The molecule has 1 N–H and O–H groups in total. The molecular formula is C16H21NO3. The number of benzene rings is 1. The molecule has 0 spiro atoms. The van der Waals surface area contributed by atoms with E-state index in [1.165, 1.54) is 0 Å². The van der Waals surface area contributed by atoms with Crippen LogP contribution in [0.3, 0.4) is 0 Å². The summed E-state index contributed by atoms with van der Waals surface area (Å²) in [7, 11) is 3.32. The van der Waals surface area contributed by atoms with Gasteiger partial charge < -0.3 is 19.2 Å². The van der Waals surface area contributed by atoms with Crippen molar-refractivity contribution >= 4 is 0 Å². The number of furan rings is 1. The van der Waals surface area contributed by atoms with Crippen LogP contribution < -0.4 is 14.8 Å². The van der Waals surface area contributed by atoms with E-state index in [0.29, 0.717) is 6.04 Å². The normalized spacial score (nSPS) is 12.2. The maximum Gasteiger partial charge on any atom is 0.122 e. The van der Waals surface area contributed by atoms with Crippen LogP contribution in [0.5, 0.6) is 11.5 Å². The molecule has 108 valence electrons. The zero-order chi connectivity index (χ0) is 14.4. The fraction of sp³-hybridized carbons (Fsp3) is 0.375. The van der Waals surface area contributed by atoms with E-state index in [4.69, 9.17) is 13.9 Å². The highest BCUT2D eigenvalue weighted by atomic mass is 16.5. The van der Waals surface area contributed by atoms with Gasteiger partial charge in [0, 0.05) is 25.1 Å². The monoisotopic (exact) mass is 275 g/mol. The lowest BCUT2D eigenvalue weighted by Gasteiger charge is -2.14. The van der Waals surface area contributed by atoms with Gasteiger partial charge in [0.1, 0.15) is 17.3 Å². The first kappa shape index (κ1) is 14.5. The van der Waals surface area contributed by atoms with E-state index >= 15 is 0 Å². The van der Waals surface area contributed by atoms with Crippen molar-refractivity contribution in [3.63, 3.8) is 0 Å². The summed E-state index contributed by atoms with van der Waals surface area (Å²) in [5.74, 6) is 2.60. The summed E-state index contributed by atoms with van der Waals surface area (Å²) in [6.07, 6.45) is 2.57. The van der Waals surface area contributed by atoms with Gasteiger partial charge in [-0.2, -0.15) is 0 Å². The molecule has 0 aliphatic heterocycles. The minimum atomic E-state index is 0.332. The first-order chi connectivity index (χ1) is 9.71. The smallest absolute Gasteiger partial charge is 0.122 e. The van der Waals surface area contributed by atoms with Gasteiger partial charge in [0.15, 0.2) is 0 Å². The molecule has 0 radical (unpaired) electrons. The van der Waals surface area contributed by atoms with Crippen LogP contribution in [-0.4, -0.2) is 20.3 Å². The summed E-state index contributed by atoms with van der Waals surface area (Å²) in [6, 6.07) is 10.1. The SMILES string of the molecule is COc1cc(CNC(C)Cc2ccco2)cc(OC)c1. The second kappa shape index (κ2) is 7.01. The van der Waals surface area contributed by atoms with E-state index in [1.54, 1.807) is 20.5 Å². The van der Waals surface area contributed by atoms with Crippen molar-refractivity contribution in [2.45, 2.75) is 25.9 Å². The Morgan fingerprint density at radius 2 is 1.85 bits per heavy atom. The summed E-state index contributed by atoms with van der Waals surface area (Å²) in [4.78, 5) is 0. The number of nitrogens with one attached hydrogen (secondary N) is 1. The summed E-state index contributed by atoms with van der Waals surface area (Å²) < 4.78 is 15.9. The number of hydrogen-bond acceptors (Lipinski definition) is 4. The third-order valence-electron chi connectivity index (χ3n) is 3.15. The predicted molar refractivity (Wildman–Crippen MR) is 78.3 cm³/mol. The molecule has 20 heavy (non-hydrogen) atoms. The van der Waals surface area contributed by atoms with Crippen LogP contribution in [0.1, 0.15) is 18.2 Å². The summed E-state index contributed by atoms with van der Waals surface area (Å²) >= 11 is 0. The molecule has 1 aromatic heterocycles. The van der Waals surface area contributed by atoms with Gasteiger partial charge in [-0.1, -0.05) is 0 Å². The average Bonchev–Trinajstić information content (AvgIpc) is 2.97. The lowest BCUT2D eigenvalue weighted by Crippen LogP contribution is -2.27. The second-order valence-electron chi connectivity index (χ2n) is 4.79. The second-order valence-corrected chi connectivity index (χ2v) is 4.79. The first-order valence-corrected chi connectivity index (χ1v) is 6.69. The molecule has 0 amide bonds. The highest BCUT2D eigenvalue weighted by molar-refractivity contribution is 5.38. The van der Waals surface area contributed by atoms with Crippen LogP contribution in [0.15, 0.2) is 41.0 Å². The van der Waals surface area contributed by atoms with Crippen LogP contribution >= 0.6 is 0 Å². The quantitative estimate of drug-likeness (QED) is 0.843. The molecule has 0 aliphatic rings. The van der Waals surface area contributed by atoms with Crippen molar-refractivity contribution in [1.29, 1.82) is 0 Å². The molecule has 1 unspecified atom stereocenters. The summed E-state index contributed by atoms with van der Waals surface area (Å²) in [5.41, 5.74) is 1.13. The Labute approximate surface area is 119 Å². The van der Waals surface area contributed by atoms with Gasteiger partial charge in [0.2, 0.25) is 0 Å². The minimum Gasteiger partial charge on any atom is -0.497 e. The lowest BCUT2D eigenvalue weighted by atomic mass is 10.1. The molecule has 1 heterocycles. The van der Waals surface area contributed by atoms with E-state index in [-0.39, 0.29) is 0 Å². The summed E-state index contributed by atoms with van der Waals surface area (Å²) in [6.45, 7) is 2.90. The van der Waals surface area contributed by atoms with Crippen molar-refractivity contribution in [3.05, 3.63) is 47.9 Å². The van der Waals surface area contributed by atoms with Crippen molar-refractivity contribution in [2.24, 2.45) is 0 Å². The molecule has 4 heteroatoms. The molecule has 0 fully saturated rings. The topological polar surface area (TPSA) is 43.6 Å². The van der Waals surface area contributed by atoms with Gasteiger partial charge in [-0.05, 0) is 36.8 Å². The molecule has 0 aliphatic carbocycles. The van der Waals surface area contributed by atoms with E-state index in [2.05, 4.69) is 12.2 Å². The van der Waals surface area contributed by atoms with Crippen LogP contribution in [0.2, 0.25) is 0 Å². The maximum absolute atomic E-state index is 5.35. The van der Waals surface area contributed by atoms with Crippen molar-refractivity contribution < 1.29 is 13.9 Å². The number of methoxy groups -OCH3 is 2. The highest BCUT2D eigenvalue weighted by Crippen LogP contribution is 2.22. The number of hydrogen-bond donors (Lipinski definition) is 1. The first-order valence-electron chi connectivity index (χ1n) is 6.69. The molecule has 2 aromatic rings. The van der Waals surface area contributed by atoms with E-state index in [1.807, 2.05) is 30.3 Å². The van der Waals surface area contributed by atoms with Crippen LogP contribution in [0.25, 0.3) is 0 Å². The van der Waals surface area contributed by atoms with Gasteiger partial charge in [-0.15, -0.1) is 0 Å². The highest BCUT2D eigenvalue weighted by Gasteiger charge is 2.07. The van der Waals surface area contributed by atoms with Crippen molar-refractivity contribution in [1.82, 2.24) is 5.32 Å². The molecule has 0 saturated heterocycles. The Hall–Kier alpha value is -1.94. The molecule has 0 saturated carbocycles. The van der Waals surface area contributed by atoms with E-state index < -0.39 is 0 Å². The van der Waals surface area contributed by atoms with Gasteiger partial charge >= 0.3 is 0 Å². The van der Waals surface area contributed by atoms with Crippen LogP contribution in [0.4, 0.5) is 0 Å². The maximum atomic E-state index is 5.35. The molecular weight excluding hydrogens is 254 g/mol. The Balaban J connectivity index is 1.92. The Morgan fingerprint density at radius 1 is 1.15 bits per heavy atom. The largest absolute Gasteiger partial charge is 0.497 e. The zero-order valence-corrected chi connectivity index (χ0v) is 12.2. The van der Waals surface area contributed by atoms with Gasteiger partial charge in [-0.25, -0.2) is 0 Å². The number of ether oxygens (including phenoxy) is 2. The zero-order valence-electron chi connectivity index (χ0n) is 12.2. The van der Waals surface area contributed by atoms with Crippen molar-refractivity contribution in [3.8, 4) is 11.5 Å². The van der Waals surface area contributed by atoms with Crippen molar-refractivity contribution in [2.75, 3.05) is 14.2 Å². The van der Waals surface area contributed by atoms with Gasteiger partial charge in [0.25, 0.3) is 0 Å². The third kappa shape index (κ3) is 4.03. The Bertz CT molecular complexity index is 500. The lowest BCUT2D eigenvalue weighted by molar-refractivity contribution is 0.392. The van der Waals surface area contributed by atoms with Gasteiger partial charge in [-0.3, -0.25) is 0 Å². The van der Waals surface area contributed by atoms with E-state index in [0.717, 1.165) is 35.8 Å². The minimum absolute atomic E-state index is 0.332.